The quantitative estimate of drug-likeness (QED) is 0.661. The van der Waals surface area contributed by atoms with E-state index in [2.05, 4.69) is 10.3 Å². The molecule has 0 spiro atoms. The van der Waals surface area contributed by atoms with Crippen LogP contribution in [0.5, 0.6) is 0 Å². The first-order valence-electron chi connectivity index (χ1n) is 9.25. The molecular formula is C21H25N3O3S. The smallest absolute Gasteiger partial charge is 0.263 e. The Labute approximate surface area is 168 Å². The van der Waals surface area contributed by atoms with Crippen molar-refractivity contribution in [2.75, 3.05) is 13.2 Å². The van der Waals surface area contributed by atoms with Crippen LogP contribution in [0, 0.1) is 6.92 Å². The zero-order valence-electron chi connectivity index (χ0n) is 16.6. The molecule has 3 rings (SSSR count). The van der Waals surface area contributed by atoms with Crippen molar-refractivity contribution >= 4 is 27.5 Å². The molecule has 2 heterocycles. The van der Waals surface area contributed by atoms with Crippen LogP contribution in [0.25, 0.3) is 21.3 Å². The van der Waals surface area contributed by atoms with E-state index in [0.717, 1.165) is 16.7 Å². The molecule has 7 heteroatoms. The Morgan fingerprint density at radius 3 is 2.68 bits per heavy atom. The highest BCUT2D eigenvalue weighted by atomic mass is 32.1. The van der Waals surface area contributed by atoms with Crippen LogP contribution in [-0.4, -0.2) is 34.2 Å². The van der Waals surface area contributed by atoms with Crippen molar-refractivity contribution in [1.82, 2.24) is 14.9 Å². The van der Waals surface area contributed by atoms with Crippen LogP contribution in [0.1, 0.15) is 26.3 Å². The van der Waals surface area contributed by atoms with Crippen molar-refractivity contribution in [2.45, 2.75) is 39.8 Å². The predicted octanol–water partition coefficient (Wildman–Crippen LogP) is 3.36. The van der Waals surface area contributed by atoms with Gasteiger partial charge < -0.3 is 10.1 Å². The molecule has 1 N–H and O–H groups in total. The number of aromatic nitrogens is 2. The number of ether oxygens (including phenoxy) is 1. The third-order valence-corrected chi connectivity index (χ3v) is 5.37. The van der Waals surface area contributed by atoms with Crippen LogP contribution >= 0.6 is 11.3 Å². The summed E-state index contributed by atoms with van der Waals surface area (Å²) in [5.74, 6) is -0.247. The molecule has 0 unspecified atom stereocenters. The van der Waals surface area contributed by atoms with E-state index >= 15 is 0 Å². The van der Waals surface area contributed by atoms with Crippen molar-refractivity contribution in [1.29, 1.82) is 0 Å². The van der Waals surface area contributed by atoms with Crippen molar-refractivity contribution < 1.29 is 9.53 Å². The second kappa shape index (κ2) is 8.24. The Bertz CT molecular complexity index is 1040. The largest absolute Gasteiger partial charge is 0.374 e. The fourth-order valence-electron chi connectivity index (χ4n) is 2.99. The van der Waals surface area contributed by atoms with E-state index in [0.29, 0.717) is 23.4 Å². The molecule has 28 heavy (non-hydrogen) atoms. The standard InChI is InChI=1S/C21H25N3O3S/c1-5-27-21(3,4)12-22-17(25)10-24-13-23-19-18(20(24)26)16(11-28-19)15-8-6-14(2)7-9-15/h6-9,11,13H,5,10,12H2,1-4H3,(H,22,25). The number of benzene rings is 1. The Kier molecular flexibility index (Phi) is 5.96. The maximum absolute atomic E-state index is 13.0. The number of aryl methyl sites for hydroxylation is 1. The number of rotatable bonds is 7. The topological polar surface area (TPSA) is 73.2 Å². The van der Waals surface area contributed by atoms with Crippen molar-refractivity contribution in [3.05, 3.63) is 51.9 Å². The number of fused-ring (bicyclic) bond motifs is 1. The average molecular weight is 400 g/mol. The van der Waals surface area contributed by atoms with E-state index < -0.39 is 5.60 Å². The van der Waals surface area contributed by atoms with Crippen molar-refractivity contribution in [3.8, 4) is 11.1 Å². The second-order valence-corrected chi connectivity index (χ2v) is 8.20. The number of amides is 1. The molecule has 0 aliphatic rings. The molecule has 0 aliphatic heterocycles. The first kappa shape index (κ1) is 20.2. The maximum Gasteiger partial charge on any atom is 0.263 e. The Hall–Kier alpha value is -2.51. The zero-order valence-corrected chi connectivity index (χ0v) is 17.4. The Morgan fingerprint density at radius 2 is 2.00 bits per heavy atom. The van der Waals surface area contributed by atoms with Crippen LogP contribution in [0.3, 0.4) is 0 Å². The van der Waals surface area contributed by atoms with Gasteiger partial charge in [-0.2, -0.15) is 0 Å². The van der Waals surface area contributed by atoms with Gasteiger partial charge in [-0.3, -0.25) is 14.2 Å². The molecule has 0 bridgehead atoms. The van der Waals surface area contributed by atoms with Gasteiger partial charge in [-0.15, -0.1) is 11.3 Å². The molecule has 0 atom stereocenters. The van der Waals surface area contributed by atoms with E-state index in [4.69, 9.17) is 4.74 Å². The number of hydrogen-bond acceptors (Lipinski definition) is 5. The number of nitrogens with one attached hydrogen (secondary N) is 1. The fourth-order valence-corrected chi connectivity index (χ4v) is 3.90. The summed E-state index contributed by atoms with van der Waals surface area (Å²) in [6, 6.07) is 8.02. The molecule has 2 aromatic heterocycles. The van der Waals surface area contributed by atoms with Crippen LogP contribution in [0.2, 0.25) is 0 Å². The predicted molar refractivity (Wildman–Crippen MR) is 113 cm³/mol. The monoisotopic (exact) mass is 399 g/mol. The van der Waals surface area contributed by atoms with Gasteiger partial charge in [-0.25, -0.2) is 4.98 Å². The van der Waals surface area contributed by atoms with Gasteiger partial charge in [0, 0.05) is 24.1 Å². The molecular weight excluding hydrogens is 374 g/mol. The summed E-state index contributed by atoms with van der Waals surface area (Å²) in [6.07, 6.45) is 1.44. The van der Waals surface area contributed by atoms with Gasteiger partial charge in [-0.05, 0) is 33.3 Å². The summed E-state index contributed by atoms with van der Waals surface area (Å²) >= 11 is 1.43. The number of hydrogen-bond donors (Lipinski definition) is 1. The minimum Gasteiger partial charge on any atom is -0.374 e. The molecule has 0 saturated heterocycles. The summed E-state index contributed by atoms with van der Waals surface area (Å²) in [5.41, 5.74) is 2.32. The Morgan fingerprint density at radius 1 is 1.29 bits per heavy atom. The number of thiophene rings is 1. The molecule has 0 aliphatic carbocycles. The number of carbonyl (C=O) groups excluding carboxylic acids is 1. The van der Waals surface area contributed by atoms with Crippen LogP contribution < -0.4 is 10.9 Å². The lowest BCUT2D eigenvalue weighted by Crippen LogP contribution is -2.42. The van der Waals surface area contributed by atoms with Crippen LogP contribution in [0.4, 0.5) is 0 Å². The highest BCUT2D eigenvalue weighted by Gasteiger charge is 2.19. The van der Waals surface area contributed by atoms with E-state index in [1.54, 1.807) is 0 Å². The Balaban J connectivity index is 1.84. The fraction of sp³-hybridized carbons (Fsp3) is 0.381. The molecule has 6 nitrogen and oxygen atoms in total. The lowest BCUT2D eigenvalue weighted by Gasteiger charge is -2.24. The maximum atomic E-state index is 13.0. The summed E-state index contributed by atoms with van der Waals surface area (Å²) in [4.78, 5) is 30.4. The van der Waals surface area contributed by atoms with Gasteiger partial charge in [0.25, 0.3) is 5.56 Å². The minimum absolute atomic E-state index is 0.0762. The van der Waals surface area contributed by atoms with Gasteiger partial charge in [0.2, 0.25) is 5.91 Å². The summed E-state index contributed by atoms with van der Waals surface area (Å²) in [7, 11) is 0. The van der Waals surface area contributed by atoms with E-state index in [-0.39, 0.29) is 18.0 Å². The molecule has 0 radical (unpaired) electrons. The highest BCUT2D eigenvalue weighted by Crippen LogP contribution is 2.30. The average Bonchev–Trinajstić information content (AvgIpc) is 3.08. The molecule has 0 fully saturated rings. The SMILES string of the molecule is CCOC(C)(C)CNC(=O)Cn1cnc2scc(-c3ccc(C)cc3)c2c1=O. The normalized spacial score (nSPS) is 11.7. The summed E-state index contributed by atoms with van der Waals surface area (Å²) < 4.78 is 6.94. The minimum atomic E-state index is -0.455. The molecule has 1 aromatic carbocycles. The third-order valence-electron chi connectivity index (χ3n) is 4.48. The van der Waals surface area contributed by atoms with Crippen molar-refractivity contribution in [2.24, 2.45) is 0 Å². The van der Waals surface area contributed by atoms with Gasteiger partial charge >= 0.3 is 0 Å². The first-order chi connectivity index (χ1) is 13.3. The lowest BCUT2D eigenvalue weighted by atomic mass is 10.1. The summed E-state index contributed by atoms with van der Waals surface area (Å²) in [5, 5.41) is 5.33. The van der Waals surface area contributed by atoms with Gasteiger partial charge in [0.15, 0.2) is 0 Å². The van der Waals surface area contributed by atoms with E-state index in [1.165, 1.54) is 22.2 Å². The first-order valence-corrected chi connectivity index (χ1v) is 10.1. The second-order valence-electron chi connectivity index (χ2n) is 7.34. The van der Waals surface area contributed by atoms with Crippen molar-refractivity contribution in [3.63, 3.8) is 0 Å². The molecule has 148 valence electrons. The zero-order chi connectivity index (χ0) is 20.3. The van der Waals surface area contributed by atoms with Crippen LogP contribution in [0.15, 0.2) is 40.8 Å². The third kappa shape index (κ3) is 4.48. The molecule has 3 aromatic rings. The number of carbonyl (C=O) groups is 1. The number of nitrogens with zero attached hydrogens (tertiary/aromatic N) is 2. The van der Waals surface area contributed by atoms with E-state index in [9.17, 15) is 9.59 Å². The lowest BCUT2D eigenvalue weighted by molar-refractivity contribution is -0.123. The molecule has 0 saturated carbocycles. The summed E-state index contributed by atoms with van der Waals surface area (Å²) in [6.45, 7) is 8.63. The van der Waals surface area contributed by atoms with Gasteiger partial charge in [0.05, 0.1) is 17.3 Å². The van der Waals surface area contributed by atoms with E-state index in [1.807, 2.05) is 57.3 Å². The van der Waals surface area contributed by atoms with Gasteiger partial charge in [-0.1, -0.05) is 29.8 Å². The van der Waals surface area contributed by atoms with Crippen LogP contribution in [-0.2, 0) is 16.1 Å². The highest BCUT2D eigenvalue weighted by molar-refractivity contribution is 7.17. The molecule has 1 amide bonds. The van der Waals surface area contributed by atoms with Gasteiger partial charge in [0.1, 0.15) is 11.4 Å².